The van der Waals surface area contributed by atoms with E-state index in [9.17, 15) is 0 Å². The Kier molecular flexibility index (Phi) is 5.53. The van der Waals surface area contributed by atoms with Crippen molar-refractivity contribution >= 4 is 0 Å². The molecule has 1 aliphatic rings. The second-order valence-electron chi connectivity index (χ2n) is 3.88. The molecular weight excluding hydrogens is 194 g/mol. The largest absolute Gasteiger partial charge is 0.381 e. The minimum atomic E-state index is -0.234. The van der Waals surface area contributed by atoms with Crippen molar-refractivity contribution in [1.29, 1.82) is 0 Å². The first-order valence-corrected chi connectivity index (χ1v) is 5.80. The predicted molar refractivity (Wildman–Crippen MR) is 58.9 cm³/mol. The lowest BCUT2D eigenvalue weighted by Crippen LogP contribution is -2.55. The van der Waals surface area contributed by atoms with Gasteiger partial charge in [0.1, 0.15) is 0 Å². The van der Waals surface area contributed by atoms with E-state index in [0.29, 0.717) is 19.8 Å². The Morgan fingerprint density at radius 1 is 1.27 bits per heavy atom. The van der Waals surface area contributed by atoms with Crippen LogP contribution >= 0.6 is 0 Å². The van der Waals surface area contributed by atoms with Gasteiger partial charge in [-0.25, -0.2) is 0 Å². The molecule has 1 heterocycles. The Hall–Kier alpha value is -0.160. The third-order valence-corrected chi connectivity index (χ3v) is 2.95. The van der Waals surface area contributed by atoms with Crippen LogP contribution in [0, 0.1) is 0 Å². The van der Waals surface area contributed by atoms with Crippen molar-refractivity contribution in [3.63, 3.8) is 0 Å². The average molecular weight is 217 g/mol. The van der Waals surface area contributed by atoms with Gasteiger partial charge in [-0.2, -0.15) is 0 Å². The summed E-state index contributed by atoms with van der Waals surface area (Å²) in [5, 5.41) is 0. The van der Waals surface area contributed by atoms with Crippen LogP contribution in [0.3, 0.4) is 0 Å². The summed E-state index contributed by atoms with van der Waals surface area (Å²) >= 11 is 0. The zero-order valence-electron chi connectivity index (χ0n) is 9.83. The molecule has 1 saturated heterocycles. The van der Waals surface area contributed by atoms with Gasteiger partial charge in [0.15, 0.2) is 0 Å². The highest BCUT2D eigenvalue weighted by Crippen LogP contribution is 2.28. The molecule has 0 bridgehead atoms. The number of hydrogen-bond donors (Lipinski definition) is 1. The summed E-state index contributed by atoms with van der Waals surface area (Å²) in [6.07, 6.45) is 1.74. The molecule has 0 saturated carbocycles. The third-order valence-electron chi connectivity index (χ3n) is 2.95. The molecule has 0 aromatic carbocycles. The van der Waals surface area contributed by atoms with Crippen LogP contribution in [0.15, 0.2) is 0 Å². The van der Waals surface area contributed by atoms with Crippen molar-refractivity contribution in [2.24, 2.45) is 5.73 Å². The normalized spacial score (nSPS) is 22.6. The summed E-state index contributed by atoms with van der Waals surface area (Å²) in [6, 6.07) is -0.0544. The zero-order valence-corrected chi connectivity index (χ0v) is 9.83. The Bertz CT molecular complexity index is 164. The van der Waals surface area contributed by atoms with Crippen LogP contribution in [0.4, 0.5) is 0 Å². The van der Waals surface area contributed by atoms with E-state index < -0.39 is 0 Å². The van der Waals surface area contributed by atoms with E-state index in [1.165, 1.54) is 0 Å². The summed E-state index contributed by atoms with van der Waals surface area (Å²) in [4.78, 5) is 0. The SMILES string of the molecule is CCOCC(N)C1(OCC)CCOCC1. The van der Waals surface area contributed by atoms with Gasteiger partial charge >= 0.3 is 0 Å². The summed E-state index contributed by atoms with van der Waals surface area (Å²) in [5.74, 6) is 0. The lowest BCUT2D eigenvalue weighted by molar-refractivity contribution is -0.130. The molecule has 0 aliphatic carbocycles. The standard InChI is InChI=1S/C11H23NO3/c1-3-13-9-10(12)11(15-4-2)5-7-14-8-6-11/h10H,3-9,12H2,1-2H3. The molecule has 15 heavy (non-hydrogen) atoms. The fourth-order valence-electron chi connectivity index (χ4n) is 2.02. The summed E-state index contributed by atoms with van der Waals surface area (Å²) < 4.78 is 16.6. The van der Waals surface area contributed by atoms with Crippen molar-refractivity contribution in [3.05, 3.63) is 0 Å². The highest BCUT2D eigenvalue weighted by atomic mass is 16.5. The molecule has 1 atom stereocenters. The monoisotopic (exact) mass is 217 g/mol. The highest BCUT2D eigenvalue weighted by Gasteiger charge is 2.39. The number of rotatable bonds is 6. The van der Waals surface area contributed by atoms with Gasteiger partial charge < -0.3 is 19.9 Å². The van der Waals surface area contributed by atoms with Gasteiger partial charge in [-0.3, -0.25) is 0 Å². The Balaban J connectivity index is 2.53. The zero-order chi connectivity index (χ0) is 11.1. The Labute approximate surface area is 92.1 Å². The van der Waals surface area contributed by atoms with Crippen LogP contribution in [-0.4, -0.2) is 44.7 Å². The fraction of sp³-hybridized carbons (Fsp3) is 1.00. The molecule has 4 heteroatoms. The second kappa shape index (κ2) is 6.43. The average Bonchev–Trinajstić information content (AvgIpc) is 2.27. The highest BCUT2D eigenvalue weighted by molar-refractivity contribution is 4.93. The molecule has 1 aliphatic heterocycles. The maximum absolute atomic E-state index is 6.15. The first kappa shape index (κ1) is 12.9. The smallest absolute Gasteiger partial charge is 0.0898 e. The van der Waals surface area contributed by atoms with Crippen LogP contribution in [0.5, 0.6) is 0 Å². The van der Waals surface area contributed by atoms with Gasteiger partial charge in [-0.1, -0.05) is 0 Å². The van der Waals surface area contributed by atoms with E-state index in [4.69, 9.17) is 19.9 Å². The lowest BCUT2D eigenvalue weighted by Gasteiger charge is -2.41. The fourth-order valence-corrected chi connectivity index (χ4v) is 2.02. The molecule has 0 aromatic rings. The van der Waals surface area contributed by atoms with Gasteiger partial charge in [0.25, 0.3) is 0 Å². The minimum Gasteiger partial charge on any atom is -0.381 e. The second-order valence-corrected chi connectivity index (χ2v) is 3.88. The summed E-state index contributed by atoms with van der Waals surface area (Å²) in [7, 11) is 0. The maximum Gasteiger partial charge on any atom is 0.0898 e. The molecular formula is C11H23NO3. The lowest BCUT2D eigenvalue weighted by atomic mass is 9.86. The van der Waals surface area contributed by atoms with Crippen LogP contribution in [0.25, 0.3) is 0 Å². The van der Waals surface area contributed by atoms with Crippen LogP contribution < -0.4 is 5.73 Å². The number of ether oxygens (including phenoxy) is 3. The van der Waals surface area contributed by atoms with Crippen LogP contribution in [-0.2, 0) is 14.2 Å². The van der Waals surface area contributed by atoms with Gasteiger partial charge in [0.2, 0.25) is 0 Å². The van der Waals surface area contributed by atoms with Gasteiger partial charge in [0, 0.05) is 39.3 Å². The van der Waals surface area contributed by atoms with E-state index >= 15 is 0 Å². The molecule has 1 rings (SSSR count). The molecule has 1 fully saturated rings. The Morgan fingerprint density at radius 3 is 2.47 bits per heavy atom. The van der Waals surface area contributed by atoms with Crippen LogP contribution in [0.2, 0.25) is 0 Å². The summed E-state index contributed by atoms with van der Waals surface area (Å²) in [5.41, 5.74) is 5.92. The van der Waals surface area contributed by atoms with Crippen molar-refractivity contribution in [2.75, 3.05) is 33.0 Å². The number of hydrogen-bond acceptors (Lipinski definition) is 4. The molecule has 4 nitrogen and oxygen atoms in total. The molecule has 0 spiro atoms. The predicted octanol–water partition coefficient (Wildman–Crippen LogP) is 0.936. The third kappa shape index (κ3) is 3.41. The van der Waals surface area contributed by atoms with E-state index in [0.717, 1.165) is 26.1 Å². The van der Waals surface area contributed by atoms with E-state index in [-0.39, 0.29) is 11.6 Å². The maximum atomic E-state index is 6.15. The first-order chi connectivity index (χ1) is 7.25. The Morgan fingerprint density at radius 2 is 1.93 bits per heavy atom. The van der Waals surface area contributed by atoms with Gasteiger partial charge in [-0.05, 0) is 13.8 Å². The molecule has 0 aromatic heterocycles. The topological polar surface area (TPSA) is 53.7 Å². The van der Waals surface area contributed by atoms with Gasteiger partial charge in [0.05, 0.1) is 18.2 Å². The van der Waals surface area contributed by atoms with E-state index in [1.54, 1.807) is 0 Å². The molecule has 0 radical (unpaired) electrons. The molecule has 2 N–H and O–H groups in total. The van der Waals surface area contributed by atoms with Crippen molar-refractivity contribution in [1.82, 2.24) is 0 Å². The van der Waals surface area contributed by atoms with E-state index in [1.807, 2.05) is 13.8 Å². The molecule has 1 unspecified atom stereocenters. The quantitative estimate of drug-likeness (QED) is 0.719. The van der Waals surface area contributed by atoms with Crippen molar-refractivity contribution in [2.45, 2.75) is 38.3 Å². The van der Waals surface area contributed by atoms with Crippen molar-refractivity contribution in [3.8, 4) is 0 Å². The molecule has 90 valence electrons. The molecule has 0 amide bonds. The minimum absolute atomic E-state index is 0.0544. The number of nitrogens with two attached hydrogens (primary N) is 1. The van der Waals surface area contributed by atoms with Crippen LogP contribution in [0.1, 0.15) is 26.7 Å². The van der Waals surface area contributed by atoms with Gasteiger partial charge in [-0.15, -0.1) is 0 Å². The van der Waals surface area contributed by atoms with Crippen molar-refractivity contribution < 1.29 is 14.2 Å². The first-order valence-electron chi connectivity index (χ1n) is 5.80. The van der Waals surface area contributed by atoms with E-state index in [2.05, 4.69) is 0 Å². The summed E-state index contributed by atoms with van der Waals surface area (Å²) in [6.45, 7) is 7.41.